The SMILES string of the molecule is Cc1ccc(SCC(=O)N2CCN(C(=O)[C@@H]3C[C@H]3c3ccccc3)CC2)c(C)c1. The lowest BCUT2D eigenvalue weighted by Crippen LogP contribution is -2.51. The van der Waals surface area contributed by atoms with Gasteiger partial charge in [-0.3, -0.25) is 9.59 Å². The summed E-state index contributed by atoms with van der Waals surface area (Å²) in [7, 11) is 0. The lowest BCUT2D eigenvalue weighted by Gasteiger charge is -2.35. The molecule has 2 amide bonds. The molecule has 0 unspecified atom stereocenters. The number of aryl methyl sites for hydroxylation is 2. The number of carbonyl (C=O) groups is 2. The Kier molecular flexibility index (Phi) is 5.95. The average molecular weight is 409 g/mol. The van der Waals surface area contributed by atoms with Crippen LogP contribution >= 0.6 is 11.8 Å². The molecule has 5 heteroatoms. The number of hydrogen-bond donors (Lipinski definition) is 0. The zero-order chi connectivity index (χ0) is 20.4. The van der Waals surface area contributed by atoms with Crippen molar-refractivity contribution in [2.45, 2.75) is 31.1 Å². The number of nitrogens with zero attached hydrogens (tertiary/aromatic N) is 2. The van der Waals surface area contributed by atoms with E-state index in [4.69, 9.17) is 0 Å². The molecule has 4 rings (SSSR count). The van der Waals surface area contributed by atoms with Gasteiger partial charge >= 0.3 is 0 Å². The quantitative estimate of drug-likeness (QED) is 0.705. The van der Waals surface area contributed by atoms with E-state index in [1.165, 1.54) is 21.6 Å². The van der Waals surface area contributed by atoms with Crippen LogP contribution in [0, 0.1) is 19.8 Å². The third-order valence-corrected chi connectivity index (χ3v) is 7.12. The molecular weight excluding hydrogens is 380 g/mol. The van der Waals surface area contributed by atoms with Crippen LogP contribution < -0.4 is 0 Å². The van der Waals surface area contributed by atoms with E-state index >= 15 is 0 Å². The second-order valence-electron chi connectivity index (χ2n) is 8.12. The minimum absolute atomic E-state index is 0.125. The number of rotatable bonds is 5. The van der Waals surface area contributed by atoms with Gasteiger partial charge in [0.15, 0.2) is 0 Å². The van der Waals surface area contributed by atoms with Crippen LogP contribution in [0.4, 0.5) is 0 Å². The smallest absolute Gasteiger partial charge is 0.233 e. The highest BCUT2D eigenvalue weighted by Gasteiger charge is 2.46. The molecule has 1 heterocycles. The third-order valence-electron chi connectivity index (χ3n) is 5.96. The van der Waals surface area contributed by atoms with E-state index in [1.54, 1.807) is 11.8 Å². The molecule has 29 heavy (non-hydrogen) atoms. The predicted molar refractivity (Wildman–Crippen MR) is 117 cm³/mol. The lowest BCUT2D eigenvalue weighted by molar-refractivity contribution is -0.139. The average Bonchev–Trinajstić information content (AvgIpc) is 3.54. The van der Waals surface area contributed by atoms with Gasteiger partial charge in [0.25, 0.3) is 0 Å². The summed E-state index contributed by atoms with van der Waals surface area (Å²) >= 11 is 1.61. The summed E-state index contributed by atoms with van der Waals surface area (Å²) in [5.74, 6) is 1.37. The molecule has 0 aromatic heterocycles. The predicted octanol–water partition coefficient (Wildman–Crippen LogP) is 3.87. The van der Waals surface area contributed by atoms with Crippen molar-refractivity contribution in [1.82, 2.24) is 9.80 Å². The van der Waals surface area contributed by atoms with E-state index in [0.29, 0.717) is 37.8 Å². The fourth-order valence-electron chi connectivity index (χ4n) is 4.14. The summed E-state index contributed by atoms with van der Waals surface area (Å²) in [4.78, 5) is 30.4. The second-order valence-corrected chi connectivity index (χ2v) is 9.14. The zero-order valence-corrected chi connectivity index (χ0v) is 18.0. The van der Waals surface area contributed by atoms with E-state index in [9.17, 15) is 9.59 Å². The van der Waals surface area contributed by atoms with Gasteiger partial charge in [0.1, 0.15) is 0 Å². The minimum atomic E-state index is 0.125. The second kappa shape index (κ2) is 8.62. The van der Waals surface area contributed by atoms with Crippen molar-refractivity contribution >= 4 is 23.6 Å². The maximum atomic E-state index is 12.8. The molecule has 1 saturated carbocycles. The molecule has 2 aromatic carbocycles. The van der Waals surface area contributed by atoms with Gasteiger partial charge in [0.05, 0.1) is 5.75 Å². The topological polar surface area (TPSA) is 40.6 Å². The highest BCUT2D eigenvalue weighted by molar-refractivity contribution is 8.00. The van der Waals surface area contributed by atoms with Crippen molar-refractivity contribution in [1.29, 1.82) is 0 Å². The molecule has 2 atom stereocenters. The summed E-state index contributed by atoms with van der Waals surface area (Å²) in [6.45, 7) is 6.75. The standard InChI is InChI=1S/C24H28N2O2S/c1-17-8-9-22(18(2)14-17)29-16-23(27)25-10-12-26(13-11-25)24(28)21-15-20(21)19-6-4-3-5-7-19/h3-9,14,20-21H,10-13,15-16H2,1-2H3/t20-,21+/m0/s1. The number of hydrogen-bond acceptors (Lipinski definition) is 3. The number of benzene rings is 2. The van der Waals surface area contributed by atoms with Gasteiger partial charge in [0, 0.05) is 37.0 Å². The monoisotopic (exact) mass is 408 g/mol. The number of thioether (sulfide) groups is 1. The molecule has 1 aliphatic carbocycles. The molecule has 2 fully saturated rings. The summed E-state index contributed by atoms with van der Waals surface area (Å²) < 4.78 is 0. The molecule has 0 radical (unpaired) electrons. The van der Waals surface area contributed by atoms with Gasteiger partial charge in [-0.15, -0.1) is 11.8 Å². The fraction of sp³-hybridized carbons (Fsp3) is 0.417. The molecule has 4 nitrogen and oxygen atoms in total. The zero-order valence-electron chi connectivity index (χ0n) is 17.1. The molecule has 1 aliphatic heterocycles. The Bertz CT molecular complexity index is 891. The molecule has 2 aliphatic rings. The Morgan fingerprint density at radius 2 is 1.66 bits per heavy atom. The van der Waals surface area contributed by atoms with Crippen molar-refractivity contribution < 1.29 is 9.59 Å². The van der Waals surface area contributed by atoms with Crippen molar-refractivity contribution in [3.63, 3.8) is 0 Å². The first kappa shape index (κ1) is 20.0. The molecule has 2 aromatic rings. The first-order valence-corrected chi connectivity index (χ1v) is 11.3. The number of amides is 2. The Morgan fingerprint density at radius 3 is 2.34 bits per heavy atom. The summed E-state index contributed by atoms with van der Waals surface area (Å²) in [5, 5.41) is 0. The molecular formula is C24H28N2O2S. The summed E-state index contributed by atoms with van der Waals surface area (Å²) in [5.41, 5.74) is 3.72. The van der Waals surface area contributed by atoms with Crippen molar-refractivity contribution in [3.8, 4) is 0 Å². The van der Waals surface area contributed by atoms with Gasteiger partial charge in [-0.05, 0) is 43.4 Å². The molecule has 152 valence electrons. The van der Waals surface area contributed by atoms with Crippen LogP contribution in [0.1, 0.15) is 29.0 Å². The maximum absolute atomic E-state index is 12.8. The number of piperazine rings is 1. The van der Waals surface area contributed by atoms with Gasteiger partial charge in [-0.1, -0.05) is 48.0 Å². The van der Waals surface area contributed by atoms with Crippen molar-refractivity contribution in [2.24, 2.45) is 5.92 Å². The highest BCUT2D eigenvalue weighted by atomic mass is 32.2. The Labute approximate surface area is 177 Å². The van der Waals surface area contributed by atoms with E-state index < -0.39 is 0 Å². The van der Waals surface area contributed by atoms with E-state index in [0.717, 1.165) is 6.42 Å². The largest absolute Gasteiger partial charge is 0.339 e. The lowest BCUT2D eigenvalue weighted by atomic mass is 10.1. The first-order chi connectivity index (χ1) is 14.0. The van der Waals surface area contributed by atoms with Crippen molar-refractivity contribution in [2.75, 3.05) is 31.9 Å². The maximum Gasteiger partial charge on any atom is 0.233 e. The summed E-state index contributed by atoms with van der Waals surface area (Å²) in [6, 6.07) is 16.6. The van der Waals surface area contributed by atoms with Gasteiger partial charge in [-0.25, -0.2) is 0 Å². The Hall–Kier alpha value is -2.27. The third kappa shape index (κ3) is 4.67. The van der Waals surface area contributed by atoms with Gasteiger partial charge < -0.3 is 9.80 Å². The molecule has 1 saturated heterocycles. The molecule has 0 spiro atoms. The van der Waals surface area contributed by atoms with Crippen LogP contribution in [0.2, 0.25) is 0 Å². The van der Waals surface area contributed by atoms with Crippen LogP contribution in [0.3, 0.4) is 0 Å². The number of carbonyl (C=O) groups excluding carboxylic acids is 2. The minimum Gasteiger partial charge on any atom is -0.339 e. The summed E-state index contributed by atoms with van der Waals surface area (Å²) in [6.07, 6.45) is 0.953. The van der Waals surface area contributed by atoms with Gasteiger partial charge in [-0.2, -0.15) is 0 Å². The van der Waals surface area contributed by atoms with Crippen molar-refractivity contribution in [3.05, 3.63) is 65.2 Å². The van der Waals surface area contributed by atoms with Gasteiger partial charge in [0.2, 0.25) is 11.8 Å². The van der Waals surface area contributed by atoms with Crippen LogP contribution in [-0.2, 0) is 9.59 Å². The molecule has 0 bridgehead atoms. The van der Waals surface area contributed by atoms with E-state index in [1.807, 2.05) is 28.0 Å². The first-order valence-electron chi connectivity index (χ1n) is 10.3. The van der Waals surface area contributed by atoms with Crippen LogP contribution in [0.25, 0.3) is 0 Å². The normalized spacial score (nSPS) is 21.2. The van der Waals surface area contributed by atoms with E-state index in [2.05, 4.69) is 44.2 Å². The molecule has 0 N–H and O–H groups in total. The van der Waals surface area contributed by atoms with Crippen LogP contribution in [0.15, 0.2) is 53.4 Å². The Morgan fingerprint density at radius 1 is 0.966 bits per heavy atom. The highest BCUT2D eigenvalue weighted by Crippen LogP contribution is 2.48. The van der Waals surface area contributed by atoms with E-state index in [-0.39, 0.29) is 17.7 Å². The van der Waals surface area contributed by atoms with Crippen LogP contribution in [-0.4, -0.2) is 53.5 Å². The van der Waals surface area contributed by atoms with Crippen LogP contribution in [0.5, 0.6) is 0 Å². The fourth-order valence-corrected chi connectivity index (χ4v) is 5.05. The Balaban J connectivity index is 1.24.